The lowest BCUT2D eigenvalue weighted by Gasteiger charge is -1.92. The van der Waals surface area contributed by atoms with E-state index in [1.54, 1.807) is 0 Å². The molecule has 0 spiro atoms. The molecule has 0 radical (unpaired) electrons. The van der Waals surface area contributed by atoms with Crippen molar-refractivity contribution >= 4 is 10.4 Å². The van der Waals surface area contributed by atoms with Crippen molar-refractivity contribution in [1.82, 2.24) is 0 Å². The monoisotopic (exact) mass is 406 g/mol. The molecule has 0 aliphatic rings. The van der Waals surface area contributed by atoms with Gasteiger partial charge < -0.3 is 4.55 Å². The fraction of sp³-hybridized carbons (Fsp3) is 0.143. The summed E-state index contributed by atoms with van der Waals surface area (Å²) in [6, 6.07) is 17.6. The van der Waals surface area contributed by atoms with E-state index < -0.39 is 10.4 Å². The summed E-state index contributed by atoms with van der Waals surface area (Å²) >= 11 is -0.00580. The molecular weight excluding hydrogens is 391 g/mol. The van der Waals surface area contributed by atoms with Crippen molar-refractivity contribution in [2.45, 2.75) is 13.8 Å². The van der Waals surface area contributed by atoms with Gasteiger partial charge in [-0.2, -0.15) is 0 Å². The van der Waals surface area contributed by atoms with Crippen LogP contribution in [0.1, 0.15) is 11.1 Å². The standard InChI is InChI=1S/C14H14I.H2O4S/c1-11-7-9-13(10-8-11)15-14-6-4-3-5-12(14)2;1-5(2,3)4/h3-10H,1-2H3;(H2,1,2,3,4)/q+1;/p-1. The molecule has 0 saturated heterocycles. The number of hydrogen-bond donors (Lipinski definition) is 1. The highest BCUT2D eigenvalue weighted by Gasteiger charge is 2.16. The van der Waals surface area contributed by atoms with Crippen LogP contribution in [-0.4, -0.2) is 17.5 Å². The third-order valence-corrected chi connectivity index (χ3v) is 5.43. The third-order valence-electron chi connectivity index (χ3n) is 2.30. The Kier molecular flexibility index (Phi) is 6.60. The maximum Gasteiger partial charge on any atom is 0.358 e. The second-order valence-corrected chi connectivity index (χ2v) is 7.87. The van der Waals surface area contributed by atoms with Crippen LogP contribution in [0.15, 0.2) is 48.5 Å². The number of halogens is 1. The molecule has 0 aromatic heterocycles. The first kappa shape index (κ1) is 17.1. The third kappa shape index (κ3) is 7.59. The molecular formula is C14H15IO4S. The second-order valence-electron chi connectivity index (χ2n) is 4.07. The predicted octanol–water partition coefficient (Wildman–Crippen LogP) is -0.564. The minimum Gasteiger partial charge on any atom is -0.726 e. The van der Waals surface area contributed by atoms with E-state index in [1.165, 1.54) is 18.3 Å². The van der Waals surface area contributed by atoms with Gasteiger partial charge in [0.2, 0.25) is 10.4 Å². The molecule has 2 aromatic rings. The van der Waals surface area contributed by atoms with Crippen molar-refractivity contribution in [3.63, 3.8) is 0 Å². The van der Waals surface area contributed by atoms with Gasteiger partial charge in [-0.05, 0) is 32.0 Å². The highest BCUT2D eigenvalue weighted by Crippen LogP contribution is 1.96. The molecule has 0 heterocycles. The Morgan fingerprint density at radius 3 is 2.00 bits per heavy atom. The Labute approximate surface area is 129 Å². The van der Waals surface area contributed by atoms with Crippen LogP contribution in [0.3, 0.4) is 0 Å². The van der Waals surface area contributed by atoms with E-state index in [2.05, 4.69) is 62.4 Å². The summed E-state index contributed by atoms with van der Waals surface area (Å²) in [6.07, 6.45) is 0. The first-order valence-corrected chi connectivity index (χ1v) is 9.23. The lowest BCUT2D eigenvalue weighted by atomic mass is 10.2. The van der Waals surface area contributed by atoms with E-state index >= 15 is 0 Å². The van der Waals surface area contributed by atoms with Gasteiger partial charge in [0.15, 0.2) is 7.14 Å². The van der Waals surface area contributed by atoms with E-state index in [0.29, 0.717) is 0 Å². The van der Waals surface area contributed by atoms with Crippen molar-refractivity contribution in [2.75, 3.05) is 0 Å². The van der Waals surface area contributed by atoms with Crippen LogP contribution < -0.4 is 21.2 Å². The van der Waals surface area contributed by atoms with E-state index in [9.17, 15) is 0 Å². The molecule has 4 nitrogen and oxygen atoms in total. The van der Waals surface area contributed by atoms with E-state index in [1.807, 2.05) is 0 Å². The summed E-state index contributed by atoms with van der Waals surface area (Å²) in [5.41, 5.74) is 2.76. The van der Waals surface area contributed by atoms with Gasteiger partial charge in [-0.15, -0.1) is 0 Å². The van der Waals surface area contributed by atoms with Crippen LogP contribution in [0.2, 0.25) is 0 Å². The van der Waals surface area contributed by atoms with E-state index in [-0.39, 0.29) is 21.2 Å². The van der Waals surface area contributed by atoms with Gasteiger partial charge in [0.25, 0.3) is 0 Å². The fourth-order valence-corrected chi connectivity index (χ4v) is 3.75. The van der Waals surface area contributed by atoms with Gasteiger partial charge in [-0.1, -0.05) is 35.9 Å². The molecule has 6 heteroatoms. The molecule has 20 heavy (non-hydrogen) atoms. The summed E-state index contributed by atoms with van der Waals surface area (Å²) in [5, 5.41) is 0. The second kappa shape index (κ2) is 7.72. The lowest BCUT2D eigenvalue weighted by Crippen LogP contribution is -3.61. The zero-order chi connectivity index (χ0) is 15.2. The van der Waals surface area contributed by atoms with Crippen LogP contribution in [-0.2, 0) is 10.4 Å². The van der Waals surface area contributed by atoms with Gasteiger partial charge in [-0.25, -0.2) is 8.42 Å². The minimum absolute atomic E-state index is 0.00580. The number of rotatable bonds is 2. The molecule has 0 unspecified atom stereocenters. The molecule has 108 valence electrons. The lowest BCUT2D eigenvalue weighted by molar-refractivity contribution is -0.598. The Bertz CT molecular complexity index is 643. The van der Waals surface area contributed by atoms with E-state index in [0.717, 1.165) is 0 Å². The SMILES string of the molecule is Cc1ccc([I+]c2ccccc2C)cc1.O=S(=O)([O-])O. The fourth-order valence-electron chi connectivity index (χ4n) is 1.37. The molecule has 0 saturated carbocycles. The molecule has 2 aromatic carbocycles. The quantitative estimate of drug-likeness (QED) is 0.412. The summed E-state index contributed by atoms with van der Waals surface area (Å²) in [5.74, 6) is 0. The van der Waals surface area contributed by atoms with Crippen molar-refractivity contribution < 1.29 is 38.7 Å². The van der Waals surface area contributed by atoms with Crippen molar-refractivity contribution in [1.29, 1.82) is 0 Å². The number of hydrogen-bond acceptors (Lipinski definition) is 3. The minimum atomic E-state index is -4.92. The first-order valence-electron chi connectivity index (χ1n) is 5.71. The normalized spacial score (nSPS) is 10.6. The molecule has 0 aliphatic carbocycles. The van der Waals surface area contributed by atoms with Crippen LogP contribution >= 0.6 is 0 Å². The average Bonchev–Trinajstić information content (AvgIpc) is 2.33. The maximum absolute atomic E-state index is 8.63. The summed E-state index contributed by atoms with van der Waals surface area (Å²) in [7, 11) is -4.92. The number of aryl methyl sites for hydroxylation is 2. The predicted molar refractivity (Wildman–Crippen MR) is 72.1 cm³/mol. The Balaban J connectivity index is 0.000000347. The average molecular weight is 406 g/mol. The van der Waals surface area contributed by atoms with Crippen LogP contribution in [0.5, 0.6) is 0 Å². The Hall–Kier alpha value is -0.960. The van der Waals surface area contributed by atoms with Crippen LogP contribution in [0.25, 0.3) is 0 Å². The molecule has 1 N–H and O–H groups in total. The van der Waals surface area contributed by atoms with Crippen molar-refractivity contribution in [2.24, 2.45) is 0 Å². The number of benzene rings is 2. The van der Waals surface area contributed by atoms with Crippen molar-refractivity contribution in [3.05, 3.63) is 66.8 Å². The van der Waals surface area contributed by atoms with Crippen LogP contribution in [0, 0.1) is 21.0 Å². The summed E-state index contributed by atoms with van der Waals surface area (Å²) < 4.78 is 35.9. The molecule has 0 aliphatic heterocycles. The molecule has 0 fully saturated rings. The Morgan fingerprint density at radius 2 is 1.50 bits per heavy atom. The smallest absolute Gasteiger partial charge is 0.358 e. The highest BCUT2D eigenvalue weighted by atomic mass is 127. The molecule has 2 rings (SSSR count). The summed E-state index contributed by atoms with van der Waals surface area (Å²) in [6.45, 7) is 4.33. The first-order chi connectivity index (χ1) is 9.25. The van der Waals surface area contributed by atoms with Gasteiger partial charge in [0.05, 0.1) is 0 Å². The largest absolute Gasteiger partial charge is 0.726 e. The topological polar surface area (TPSA) is 77.4 Å². The highest BCUT2D eigenvalue weighted by molar-refractivity contribution is 7.79. The van der Waals surface area contributed by atoms with E-state index in [4.69, 9.17) is 17.5 Å². The molecule has 0 atom stereocenters. The van der Waals surface area contributed by atoms with Crippen molar-refractivity contribution in [3.8, 4) is 0 Å². The van der Waals surface area contributed by atoms with Gasteiger partial charge >= 0.3 is 21.2 Å². The molecule has 0 bridgehead atoms. The maximum atomic E-state index is 8.63. The zero-order valence-corrected chi connectivity index (χ0v) is 14.1. The molecule has 0 amide bonds. The van der Waals surface area contributed by atoms with Crippen LogP contribution in [0.4, 0.5) is 0 Å². The Morgan fingerprint density at radius 1 is 1.00 bits per heavy atom. The summed E-state index contributed by atoms with van der Waals surface area (Å²) in [4.78, 5) is 0. The van der Waals surface area contributed by atoms with Gasteiger partial charge in [0.1, 0.15) is 0 Å². The van der Waals surface area contributed by atoms with Gasteiger partial charge in [0, 0.05) is 5.56 Å². The zero-order valence-electron chi connectivity index (χ0n) is 11.1. The van der Waals surface area contributed by atoms with Gasteiger partial charge in [-0.3, -0.25) is 4.55 Å².